The molecule has 1 unspecified atom stereocenters. The number of aryl methyl sites for hydroxylation is 1. The van der Waals surface area contributed by atoms with E-state index in [-0.39, 0.29) is 11.9 Å². The Balaban J connectivity index is 1.42. The Morgan fingerprint density at radius 3 is 2.95 bits per heavy atom. The summed E-state index contributed by atoms with van der Waals surface area (Å²) in [7, 11) is 0. The summed E-state index contributed by atoms with van der Waals surface area (Å²) >= 11 is 1.71. The normalized spacial score (nSPS) is 33.9. The fraction of sp³-hybridized carbons (Fsp3) is 0.800. The van der Waals surface area contributed by atoms with Crippen molar-refractivity contribution in [3.63, 3.8) is 0 Å². The first-order valence-corrected chi connectivity index (χ1v) is 8.47. The summed E-state index contributed by atoms with van der Waals surface area (Å²) in [6.45, 7) is 6.73. The maximum absolute atomic E-state index is 6.18. The molecular formula is C15H24N2O2S. The van der Waals surface area contributed by atoms with Crippen LogP contribution < -0.4 is 5.32 Å². The number of ether oxygens (including phenoxy) is 2. The minimum absolute atomic E-state index is 0.185. The fourth-order valence-corrected chi connectivity index (χ4v) is 3.75. The third-order valence-corrected chi connectivity index (χ3v) is 5.23. The van der Waals surface area contributed by atoms with Crippen LogP contribution >= 0.6 is 11.3 Å². The number of rotatable bonds is 4. The second kappa shape index (κ2) is 6.10. The molecule has 1 aromatic rings. The molecule has 0 bridgehead atoms. The molecule has 1 spiro atoms. The second-order valence-corrected chi connectivity index (χ2v) is 7.10. The lowest BCUT2D eigenvalue weighted by atomic mass is 9.86. The van der Waals surface area contributed by atoms with Crippen LogP contribution in [0.25, 0.3) is 0 Å². The molecule has 1 aliphatic heterocycles. The molecule has 1 aromatic heterocycles. The maximum Gasteiger partial charge on any atom is 0.168 e. The highest BCUT2D eigenvalue weighted by Crippen LogP contribution is 2.39. The number of aromatic nitrogens is 1. The van der Waals surface area contributed by atoms with Gasteiger partial charge in [-0.2, -0.15) is 0 Å². The topological polar surface area (TPSA) is 43.4 Å². The fourth-order valence-electron chi connectivity index (χ4n) is 3.01. The van der Waals surface area contributed by atoms with Gasteiger partial charge in [0.1, 0.15) is 5.01 Å². The van der Waals surface area contributed by atoms with E-state index in [1.165, 1.54) is 12.8 Å². The molecule has 1 saturated carbocycles. The zero-order valence-electron chi connectivity index (χ0n) is 12.4. The summed E-state index contributed by atoms with van der Waals surface area (Å²) in [4.78, 5) is 4.45. The van der Waals surface area contributed by atoms with Crippen molar-refractivity contribution >= 4 is 11.3 Å². The van der Waals surface area contributed by atoms with E-state index in [0.717, 1.165) is 49.2 Å². The predicted molar refractivity (Wildman–Crippen MR) is 79.7 cm³/mol. The van der Waals surface area contributed by atoms with Crippen LogP contribution in [-0.4, -0.2) is 30.0 Å². The zero-order chi connectivity index (χ0) is 14.0. The van der Waals surface area contributed by atoms with Crippen LogP contribution in [0.3, 0.4) is 0 Å². The first-order valence-electron chi connectivity index (χ1n) is 7.59. The summed E-state index contributed by atoms with van der Waals surface area (Å²) in [5.74, 6) is 0.550. The molecule has 0 aromatic carbocycles. The molecule has 3 rings (SSSR count). The molecule has 1 N–H and O–H groups in total. The first kappa shape index (κ1) is 14.4. The lowest BCUT2D eigenvalue weighted by Crippen LogP contribution is -2.37. The van der Waals surface area contributed by atoms with Gasteiger partial charge in [-0.25, -0.2) is 4.98 Å². The molecule has 1 atom stereocenters. The molecule has 2 aliphatic rings. The SMILES string of the molecule is Cc1csc(CNCC2COC3(CCC(C)CC3)O2)n1. The Labute approximate surface area is 124 Å². The minimum Gasteiger partial charge on any atom is -0.347 e. The van der Waals surface area contributed by atoms with Gasteiger partial charge in [-0.1, -0.05) is 6.92 Å². The van der Waals surface area contributed by atoms with Crippen LogP contribution in [0.15, 0.2) is 5.38 Å². The van der Waals surface area contributed by atoms with Gasteiger partial charge in [-0.05, 0) is 25.7 Å². The summed E-state index contributed by atoms with van der Waals surface area (Å²) in [6, 6.07) is 0. The monoisotopic (exact) mass is 296 g/mol. The van der Waals surface area contributed by atoms with Crippen LogP contribution in [0, 0.1) is 12.8 Å². The van der Waals surface area contributed by atoms with E-state index < -0.39 is 0 Å². The van der Waals surface area contributed by atoms with Gasteiger partial charge in [-0.15, -0.1) is 11.3 Å². The third-order valence-electron chi connectivity index (χ3n) is 4.26. The minimum atomic E-state index is -0.267. The second-order valence-electron chi connectivity index (χ2n) is 6.16. The summed E-state index contributed by atoms with van der Waals surface area (Å²) in [5.41, 5.74) is 1.10. The van der Waals surface area contributed by atoms with Crippen LogP contribution in [0.2, 0.25) is 0 Å². The molecule has 1 aliphatic carbocycles. The highest BCUT2D eigenvalue weighted by molar-refractivity contribution is 7.09. The molecule has 0 amide bonds. The standard InChI is InChI=1S/C15H24N2O2S/c1-11-3-5-15(6-4-11)18-9-13(19-15)7-16-8-14-17-12(2)10-20-14/h10-11,13,16H,3-9H2,1-2H3. The maximum atomic E-state index is 6.18. The average molecular weight is 296 g/mol. The van der Waals surface area contributed by atoms with Crippen molar-refractivity contribution in [2.24, 2.45) is 5.92 Å². The molecule has 4 nitrogen and oxygen atoms in total. The van der Waals surface area contributed by atoms with Gasteiger partial charge in [0.25, 0.3) is 0 Å². The van der Waals surface area contributed by atoms with Gasteiger partial charge < -0.3 is 14.8 Å². The number of nitrogens with one attached hydrogen (secondary N) is 1. The van der Waals surface area contributed by atoms with Gasteiger partial charge in [0.05, 0.1) is 12.7 Å². The predicted octanol–water partition coefficient (Wildman–Crippen LogP) is 2.86. The van der Waals surface area contributed by atoms with Crippen LogP contribution in [0.4, 0.5) is 0 Å². The highest BCUT2D eigenvalue weighted by atomic mass is 32.1. The van der Waals surface area contributed by atoms with Crippen LogP contribution in [0.5, 0.6) is 0 Å². The average Bonchev–Trinajstić information content (AvgIpc) is 3.02. The molecule has 20 heavy (non-hydrogen) atoms. The Morgan fingerprint density at radius 2 is 2.25 bits per heavy atom. The zero-order valence-corrected chi connectivity index (χ0v) is 13.2. The van der Waals surface area contributed by atoms with E-state index in [1.807, 2.05) is 6.92 Å². The Morgan fingerprint density at radius 1 is 1.45 bits per heavy atom. The van der Waals surface area contributed by atoms with E-state index >= 15 is 0 Å². The lowest BCUT2D eigenvalue weighted by molar-refractivity contribution is -0.191. The van der Waals surface area contributed by atoms with Crippen molar-refractivity contribution in [3.8, 4) is 0 Å². The Bertz CT molecular complexity index is 441. The van der Waals surface area contributed by atoms with Gasteiger partial charge >= 0.3 is 0 Å². The van der Waals surface area contributed by atoms with Crippen LogP contribution in [0.1, 0.15) is 43.3 Å². The van der Waals surface area contributed by atoms with E-state index in [1.54, 1.807) is 11.3 Å². The molecule has 1 saturated heterocycles. The molecular weight excluding hydrogens is 272 g/mol. The van der Waals surface area contributed by atoms with E-state index in [4.69, 9.17) is 9.47 Å². The summed E-state index contributed by atoms with van der Waals surface area (Å²) in [5, 5.41) is 6.66. The quantitative estimate of drug-likeness (QED) is 0.928. The van der Waals surface area contributed by atoms with Crippen molar-refractivity contribution in [1.82, 2.24) is 10.3 Å². The molecule has 2 heterocycles. The van der Waals surface area contributed by atoms with Gasteiger partial charge in [0, 0.05) is 37.0 Å². The first-order chi connectivity index (χ1) is 9.65. The molecule has 5 heteroatoms. The van der Waals surface area contributed by atoms with Crippen molar-refractivity contribution in [3.05, 3.63) is 16.1 Å². The van der Waals surface area contributed by atoms with Crippen molar-refractivity contribution < 1.29 is 9.47 Å². The van der Waals surface area contributed by atoms with E-state index in [0.29, 0.717) is 0 Å². The number of thiazole rings is 1. The van der Waals surface area contributed by atoms with Gasteiger partial charge in [-0.3, -0.25) is 0 Å². The number of nitrogens with zero attached hydrogens (tertiary/aromatic N) is 1. The van der Waals surface area contributed by atoms with Crippen LogP contribution in [-0.2, 0) is 16.0 Å². The van der Waals surface area contributed by atoms with Gasteiger partial charge in [0.2, 0.25) is 0 Å². The Hall–Kier alpha value is -0.490. The molecule has 2 fully saturated rings. The van der Waals surface area contributed by atoms with Gasteiger partial charge in [0.15, 0.2) is 5.79 Å². The summed E-state index contributed by atoms with van der Waals surface area (Å²) in [6.07, 6.45) is 4.73. The van der Waals surface area contributed by atoms with E-state index in [2.05, 4.69) is 22.6 Å². The molecule has 112 valence electrons. The lowest BCUT2D eigenvalue weighted by Gasteiger charge is -2.34. The molecule has 0 radical (unpaired) electrons. The number of hydrogen-bond acceptors (Lipinski definition) is 5. The van der Waals surface area contributed by atoms with E-state index in [9.17, 15) is 0 Å². The highest BCUT2D eigenvalue weighted by Gasteiger charge is 2.43. The Kier molecular flexibility index (Phi) is 4.40. The summed E-state index contributed by atoms with van der Waals surface area (Å²) < 4.78 is 12.2. The van der Waals surface area contributed by atoms with Crippen molar-refractivity contribution in [1.29, 1.82) is 0 Å². The number of hydrogen-bond donors (Lipinski definition) is 1. The third kappa shape index (κ3) is 3.39. The smallest absolute Gasteiger partial charge is 0.168 e. The van der Waals surface area contributed by atoms with Crippen molar-refractivity contribution in [2.75, 3.05) is 13.2 Å². The largest absolute Gasteiger partial charge is 0.347 e. The van der Waals surface area contributed by atoms with Crippen molar-refractivity contribution in [2.45, 2.75) is 58.0 Å².